The third kappa shape index (κ3) is 4.37. The molecule has 2 aliphatic rings. The summed E-state index contributed by atoms with van der Waals surface area (Å²) in [4.78, 5) is 16.6. The maximum atomic E-state index is 12.2. The number of piperazine rings is 1. The van der Waals surface area contributed by atoms with Crippen molar-refractivity contribution in [1.29, 1.82) is 0 Å². The Balaban J connectivity index is 0.00000160. The molecule has 4 rings (SSSR count). The van der Waals surface area contributed by atoms with Crippen LogP contribution in [0.5, 0.6) is 11.5 Å². The van der Waals surface area contributed by atoms with Crippen molar-refractivity contribution in [3.63, 3.8) is 0 Å². The smallest absolute Gasteiger partial charge is 0.236 e. The van der Waals surface area contributed by atoms with Crippen LogP contribution in [0.1, 0.15) is 22.7 Å². The third-order valence-corrected chi connectivity index (χ3v) is 5.90. The van der Waals surface area contributed by atoms with Gasteiger partial charge >= 0.3 is 0 Å². The molecule has 2 N–H and O–H groups in total. The van der Waals surface area contributed by atoms with Gasteiger partial charge in [-0.3, -0.25) is 9.69 Å². The minimum atomic E-state index is 0. The third-order valence-electron chi connectivity index (χ3n) is 5.90. The maximum Gasteiger partial charge on any atom is 0.236 e. The topological polar surface area (TPSA) is 68.0 Å². The second kappa shape index (κ2) is 10.4. The Morgan fingerprint density at radius 3 is 2.37 bits per heavy atom. The summed E-state index contributed by atoms with van der Waals surface area (Å²) in [6.07, 6.45) is 0.868. The van der Waals surface area contributed by atoms with Crippen molar-refractivity contribution in [2.24, 2.45) is 5.73 Å². The van der Waals surface area contributed by atoms with Crippen molar-refractivity contribution < 1.29 is 14.3 Å². The minimum Gasteiger partial charge on any atom is -0.493 e. The summed E-state index contributed by atoms with van der Waals surface area (Å²) in [7, 11) is 3.33. The van der Waals surface area contributed by atoms with Gasteiger partial charge < -0.3 is 20.1 Å². The molecule has 2 aliphatic heterocycles. The zero-order valence-electron chi connectivity index (χ0n) is 17.2. The Hall–Kier alpha value is -1.99. The summed E-state index contributed by atoms with van der Waals surface area (Å²) in [5.74, 6) is 1.51. The highest BCUT2D eigenvalue weighted by Crippen LogP contribution is 2.43. The lowest BCUT2D eigenvalue weighted by Crippen LogP contribution is -2.59. The van der Waals surface area contributed by atoms with Gasteiger partial charge in [-0.1, -0.05) is 30.3 Å². The molecule has 8 heteroatoms. The number of nitrogens with zero attached hydrogens (tertiary/aromatic N) is 2. The molecule has 2 unspecified atom stereocenters. The molecule has 2 aromatic carbocycles. The summed E-state index contributed by atoms with van der Waals surface area (Å²) in [5.41, 5.74) is 9.34. The van der Waals surface area contributed by atoms with Gasteiger partial charge in [0.25, 0.3) is 0 Å². The summed E-state index contributed by atoms with van der Waals surface area (Å²) >= 11 is 0. The van der Waals surface area contributed by atoms with Crippen molar-refractivity contribution >= 4 is 30.7 Å². The highest BCUT2D eigenvalue weighted by molar-refractivity contribution is 5.85. The number of carbonyl (C=O) groups excluding carboxylic acids is 1. The summed E-state index contributed by atoms with van der Waals surface area (Å²) in [6.45, 7) is 2.30. The van der Waals surface area contributed by atoms with Gasteiger partial charge in [0.2, 0.25) is 5.91 Å². The van der Waals surface area contributed by atoms with E-state index in [1.54, 1.807) is 14.2 Å². The molecule has 0 saturated carbocycles. The Morgan fingerprint density at radius 2 is 1.73 bits per heavy atom. The van der Waals surface area contributed by atoms with E-state index < -0.39 is 0 Å². The molecule has 0 radical (unpaired) electrons. The number of fused-ring (bicyclic) bond motifs is 2. The standard InChI is InChI=1S/C22H27N3O3.2ClH/c1-27-19-11-16-10-17-14-24(21(26)13-23)8-9-25(17)22(15-6-4-3-5-7-15)18(16)12-20(19)28-2;;/h3-7,11-12,17,22H,8-10,13-14,23H2,1-2H3;2*1H. The number of nitrogens with two attached hydrogens (primary N) is 1. The van der Waals surface area contributed by atoms with E-state index >= 15 is 0 Å². The number of halogens is 2. The van der Waals surface area contributed by atoms with E-state index in [1.807, 2.05) is 11.0 Å². The largest absolute Gasteiger partial charge is 0.493 e. The van der Waals surface area contributed by atoms with E-state index in [9.17, 15) is 4.79 Å². The fraction of sp³-hybridized carbons (Fsp3) is 0.409. The molecular formula is C22H29Cl2N3O3. The van der Waals surface area contributed by atoms with Crippen LogP contribution in [0, 0.1) is 0 Å². The first kappa shape index (κ1) is 24.3. The quantitative estimate of drug-likeness (QED) is 0.770. The Morgan fingerprint density at radius 1 is 1.07 bits per heavy atom. The van der Waals surface area contributed by atoms with Crippen LogP contribution >= 0.6 is 24.8 Å². The van der Waals surface area contributed by atoms with Crippen LogP contribution in [0.3, 0.4) is 0 Å². The zero-order chi connectivity index (χ0) is 19.7. The van der Waals surface area contributed by atoms with E-state index in [4.69, 9.17) is 15.2 Å². The number of ether oxygens (including phenoxy) is 2. The minimum absolute atomic E-state index is 0. The van der Waals surface area contributed by atoms with Crippen LogP contribution in [0.25, 0.3) is 0 Å². The number of benzene rings is 2. The Bertz CT molecular complexity index is 866. The highest BCUT2D eigenvalue weighted by Gasteiger charge is 2.40. The number of methoxy groups -OCH3 is 2. The monoisotopic (exact) mass is 453 g/mol. The zero-order valence-corrected chi connectivity index (χ0v) is 18.9. The molecule has 1 saturated heterocycles. The van der Waals surface area contributed by atoms with Gasteiger partial charge in [0.1, 0.15) is 0 Å². The molecule has 6 nitrogen and oxygen atoms in total. The summed E-state index contributed by atoms with van der Waals surface area (Å²) in [5, 5.41) is 0. The lowest BCUT2D eigenvalue weighted by atomic mass is 9.83. The van der Waals surface area contributed by atoms with Crippen molar-refractivity contribution in [3.05, 3.63) is 59.2 Å². The van der Waals surface area contributed by atoms with Crippen LogP contribution in [0.4, 0.5) is 0 Å². The number of hydrogen-bond donors (Lipinski definition) is 1. The molecule has 0 aliphatic carbocycles. The Labute approximate surface area is 190 Å². The second-order valence-electron chi connectivity index (χ2n) is 7.36. The molecule has 30 heavy (non-hydrogen) atoms. The van der Waals surface area contributed by atoms with Crippen LogP contribution in [-0.4, -0.2) is 62.1 Å². The first-order valence-corrected chi connectivity index (χ1v) is 9.69. The number of hydrogen-bond acceptors (Lipinski definition) is 5. The van der Waals surface area contributed by atoms with Crippen molar-refractivity contribution in [2.45, 2.75) is 18.5 Å². The average molecular weight is 454 g/mol. The van der Waals surface area contributed by atoms with Crippen molar-refractivity contribution in [2.75, 3.05) is 40.4 Å². The normalized spacial score (nSPS) is 20.2. The first-order chi connectivity index (χ1) is 13.7. The van der Waals surface area contributed by atoms with Gasteiger partial charge in [0.05, 0.1) is 26.8 Å². The van der Waals surface area contributed by atoms with Crippen LogP contribution in [-0.2, 0) is 11.2 Å². The van der Waals surface area contributed by atoms with E-state index in [2.05, 4.69) is 41.3 Å². The van der Waals surface area contributed by atoms with E-state index in [0.717, 1.165) is 24.5 Å². The SMILES string of the molecule is COc1cc2c(cc1OC)C(c1ccccc1)N1CCN(C(=O)CN)CC1C2.Cl.Cl. The molecule has 2 aromatic rings. The molecule has 1 fully saturated rings. The van der Waals surface area contributed by atoms with Gasteiger partial charge in [0, 0.05) is 25.7 Å². The fourth-order valence-corrected chi connectivity index (χ4v) is 4.55. The Kier molecular flexibility index (Phi) is 8.38. The van der Waals surface area contributed by atoms with Crippen LogP contribution in [0.2, 0.25) is 0 Å². The molecule has 0 aromatic heterocycles. The van der Waals surface area contributed by atoms with E-state index in [-0.39, 0.29) is 49.3 Å². The molecule has 0 bridgehead atoms. The van der Waals surface area contributed by atoms with Gasteiger partial charge in [-0.25, -0.2) is 0 Å². The first-order valence-electron chi connectivity index (χ1n) is 9.69. The van der Waals surface area contributed by atoms with Crippen LogP contribution in [0.15, 0.2) is 42.5 Å². The molecule has 0 spiro atoms. The molecule has 2 atom stereocenters. The average Bonchev–Trinajstić information content (AvgIpc) is 2.76. The lowest BCUT2D eigenvalue weighted by Gasteiger charge is -2.49. The number of amides is 1. The lowest BCUT2D eigenvalue weighted by molar-refractivity contribution is -0.133. The number of rotatable bonds is 4. The summed E-state index contributed by atoms with van der Waals surface area (Å²) in [6, 6.07) is 15.1. The fourth-order valence-electron chi connectivity index (χ4n) is 4.55. The van der Waals surface area contributed by atoms with Crippen molar-refractivity contribution in [1.82, 2.24) is 9.80 Å². The molecule has 164 valence electrons. The second-order valence-corrected chi connectivity index (χ2v) is 7.36. The highest BCUT2D eigenvalue weighted by atomic mass is 35.5. The van der Waals surface area contributed by atoms with Gasteiger partial charge in [-0.05, 0) is 35.2 Å². The van der Waals surface area contributed by atoms with E-state index in [1.165, 1.54) is 16.7 Å². The summed E-state index contributed by atoms with van der Waals surface area (Å²) < 4.78 is 11.1. The van der Waals surface area contributed by atoms with Gasteiger partial charge in [0.15, 0.2) is 11.5 Å². The predicted molar refractivity (Wildman–Crippen MR) is 122 cm³/mol. The molecular weight excluding hydrogens is 425 g/mol. The predicted octanol–water partition coefficient (Wildman–Crippen LogP) is 2.66. The number of carbonyl (C=O) groups is 1. The van der Waals surface area contributed by atoms with E-state index in [0.29, 0.717) is 13.1 Å². The maximum absolute atomic E-state index is 12.2. The van der Waals surface area contributed by atoms with Gasteiger partial charge in [-0.15, -0.1) is 24.8 Å². The molecule has 2 heterocycles. The van der Waals surface area contributed by atoms with Crippen molar-refractivity contribution in [3.8, 4) is 11.5 Å². The van der Waals surface area contributed by atoms with Crippen LogP contribution < -0.4 is 15.2 Å². The molecule has 1 amide bonds. The van der Waals surface area contributed by atoms with Gasteiger partial charge in [-0.2, -0.15) is 0 Å².